The summed E-state index contributed by atoms with van der Waals surface area (Å²) in [5.74, 6) is 1.53. The van der Waals surface area contributed by atoms with Crippen LogP contribution in [0.4, 0.5) is 17.8 Å². The molecule has 4 rings (SSSR count). The van der Waals surface area contributed by atoms with Crippen LogP contribution >= 0.6 is 0 Å². The van der Waals surface area contributed by atoms with Gasteiger partial charge < -0.3 is 30.7 Å². The molecule has 0 aliphatic heterocycles. The summed E-state index contributed by atoms with van der Waals surface area (Å²) in [6.07, 6.45) is 6.03. The van der Waals surface area contributed by atoms with Crippen molar-refractivity contribution in [1.29, 1.82) is 0 Å². The van der Waals surface area contributed by atoms with Crippen LogP contribution in [0, 0.1) is 6.92 Å². The average Bonchev–Trinajstić information content (AvgIpc) is 2.98. The van der Waals surface area contributed by atoms with E-state index in [1.807, 2.05) is 18.2 Å². The van der Waals surface area contributed by atoms with Crippen molar-refractivity contribution in [2.45, 2.75) is 51.6 Å². The van der Waals surface area contributed by atoms with Gasteiger partial charge >= 0.3 is 0 Å². The molecule has 1 aromatic heterocycles. The first-order valence-corrected chi connectivity index (χ1v) is 14.2. The van der Waals surface area contributed by atoms with Crippen LogP contribution in [0.2, 0.25) is 0 Å². The normalized spacial score (nSPS) is 13.5. The third-order valence-corrected chi connectivity index (χ3v) is 6.61. The molecule has 1 fully saturated rings. The molecule has 1 saturated carbocycles. The van der Waals surface area contributed by atoms with Gasteiger partial charge in [-0.05, 0) is 37.5 Å². The average molecular weight is 548 g/mol. The van der Waals surface area contributed by atoms with Crippen molar-refractivity contribution >= 4 is 23.8 Å². The van der Waals surface area contributed by atoms with Gasteiger partial charge in [0, 0.05) is 31.2 Å². The van der Waals surface area contributed by atoms with Gasteiger partial charge in [-0.2, -0.15) is 15.0 Å². The Morgan fingerprint density at radius 3 is 2.15 bits per heavy atom. The minimum absolute atomic E-state index is 0.101. The number of anilines is 3. The highest BCUT2D eigenvalue weighted by atomic mass is 16.5. The molecule has 0 atom stereocenters. The molecule has 10 heteroatoms. The van der Waals surface area contributed by atoms with Gasteiger partial charge in [0.05, 0.1) is 26.4 Å². The number of hydrogen-bond acceptors (Lipinski definition) is 9. The fourth-order valence-electron chi connectivity index (χ4n) is 4.40. The molecule has 0 spiro atoms. The van der Waals surface area contributed by atoms with Gasteiger partial charge in [-0.1, -0.05) is 67.3 Å². The minimum atomic E-state index is -0.101. The lowest BCUT2D eigenvalue weighted by atomic mass is 9.96. The maximum Gasteiger partial charge on any atom is 0.251 e. The Labute approximate surface area is 236 Å². The first-order chi connectivity index (χ1) is 19.7. The van der Waals surface area contributed by atoms with Crippen molar-refractivity contribution in [3.63, 3.8) is 0 Å². The molecule has 2 aromatic carbocycles. The van der Waals surface area contributed by atoms with Crippen molar-refractivity contribution in [3.05, 3.63) is 71.3 Å². The van der Waals surface area contributed by atoms with Gasteiger partial charge in [0.2, 0.25) is 17.8 Å². The van der Waals surface area contributed by atoms with Crippen molar-refractivity contribution in [3.8, 4) is 0 Å². The first-order valence-electron chi connectivity index (χ1n) is 14.2. The lowest BCUT2D eigenvalue weighted by Crippen LogP contribution is -2.27. The van der Waals surface area contributed by atoms with Crippen molar-refractivity contribution in [2.24, 2.45) is 0 Å². The summed E-state index contributed by atoms with van der Waals surface area (Å²) >= 11 is 0. The Balaban J connectivity index is 1.16. The summed E-state index contributed by atoms with van der Waals surface area (Å²) in [5.41, 5.74) is 3.04. The van der Waals surface area contributed by atoms with E-state index in [2.05, 4.69) is 67.4 Å². The van der Waals surface area contributed by atoms with Crippen LogP contribution in [0.15, 0.2) is 54.6 Å². The summed E-state index contributed by atoms with van der Waals surface area (Å²) < 4.78 is 11.2. The molecule has 0 unspecified atom stereocenters. The Morgan fingerprint density at radius 2 is 1.43 bits per heavy atom. The first kappa shape index (κ1) is 29.2. The van der Waals surface area contributed by atoms with Gasteiger partial charge in [-0.15, -0.1) is 0 Å². The maximum atomic E-state index is 12.0. The van der Waals surface area contributed by atoms with E-state index in [9.17, 15) is 4.79 Å². The smallest absolute Gasteiger partial charge is 0.251 e. The number of aromatic nitrogens is 3. The van der Waals surface area contributed by atoms with Gasteiger partial charge in [0.1, 0.15) is 0 Å². The molecule has 1 aliphatic carbocycles. The molecule has 40 heavy (non-hydrogen) atoms. The van der Waals surface area contributed by atoms with Crippen molar-refractivity contribution in [2.75, 3.05) is 55.5 Å². The number of nitrogens with one attached hydrogen (secondary N) is 4. The SMILES string of the molecule is Cc1ccc(CNc2nc(NCCOCCOCCNC(=O)c3ccccc3)nc(NC3CCCCC3)n2)cc1. The highest BCUT2D eigenvalue weighted by Gasteiger charge is 2.15. The lowest BCUT2D eigenvalue weighted by Gasteiger charge is -2.23. The quantitative estimate of drug-likeness (QED) is 0.193. The largest absolute Gasteiger partial charge is 0.377 e. The molecular weight excluding hydrogens is 506 g/mol. The number of nitrogens with zero attached hydrogens (tertiary/aromatic N) is 3. The molecule has 10 nitrogen and oxygen atoms in total. The third kappa shape index (κ3) is 10.4. The second kappa shape index (κ2) is 16.4. The maximum absolute atomic E-state index is 12.0. The van der Waals surface area contributed by atoms with E-state index in [0.717, 1.165) is 18.4 Å². The van der Waals surface area contributed by atoms with Crippen molar-refractivity contribution < 1.29 is 14.3 Å². The molecule has 1 amide bonds. The molecule has 0 saturated heterocycles. The molecule has 3 aromatic rings. The molecule has 1 aliphatic rings. The Hall–Kier alpha value is -3.76. The standard InChI is InChI=1S/C30H41N7O3/c1-23-12-14-24(15-13-23)22-33-29-35-28(36-30(37-29)34-26-10-6-3-7-11-26)32-17-19-40-21-20-39-18-16-31-27(38)25-8-4-2-5-9-25/h2,4-5,8-9,12-15,26H,3,6-7,10-11,16-22H2,1H3,(H,31,38)(H3,32,33,34,35,36,37). The van der Waals surface area contributed by atoms with Crippen LogP contribution in [0.5, 0.6) is 0 Å². The van der Waals surface area contributed by atoms with E-state index in [-0.39, 0.29) is 5.91 Å². The van der Waals surface area contributed by atoms with E-state index in [0.29, 0.717) is 75.5 Å². The number of carbonyl (C=O) groups excluding carboxylic acids is 1. The van der Waals surface area contributed by atoms with Crippen LogP contribution in [0.1, 0.15) is 53.6 Å². The van der Waals surface area contributed by atoms with Crippen LogP contribution in [0.25, 0.3) is 0 Å². The third-order valence-electron chi connectivity index (χ3n) is 6.61. The van der Waals surface area contributed by atoms with Crippen LogP contribution < -0.4 is 21.3 Å². The zero-order valence-electron chi connectivity index (χ0n) is 23.3. The monoisotopic (exact) mass is 547 g/mol. The highest BCUT2D eigenvalue weighted by Crippen LogP contribution is 2.21. The summed E-state index contributed by atoms with van der Waals surface area (Å²) in [5, 5.41) is 12.9. The van der Waals surface area contributed by atoms with E-state index in [1.165, 1.54) is 24.8 Å². The fourth-order valence-corrected chi connectivity index (χ4v) is 4.40. The molecular formula is C30H41N7O3. The number of ether oxygens (including phenoxy) is 2. The Kier molecular flexibility index (Phi) is 12.0. The van der Waals surface area contributed by atoms with Gasteiger partial charge in [-0.25, -0.2) is 0 Å². The zero-order valence-corrected chi connectivity index (χ0v) is 23.3. The zero-order chi connectivity index (χ0) is 27.8. The summed E-state index contributed by atoms with van der Waals surface area (Å²) in [4.78, 5) is 25.8. The second-order valence-electron chi connectivity index (χ2n) is 9.90. The van der Waals surface area contributed by atoms with Gasteiger partial charge in [0.25, 0.3) is 5.91 Å². The second-order valence-corrected chi connectivity index (χ2v) is 9.90. The molecule has 214 valence electrons. The summed E-state index contributed by atoms with van der Waals surface area (Å²) in [6.45, 7) is 5.54. The number of amides is 1. The van der Waals surface area contributed by atoms with E-state index in [4.69, 9.17) is 9.47 Å². The number of aryl methyl sites for hydroxylation is 1. The molecule has 0 radical (unpaired) electrons. The molecule has 0 bridgehead atoms. The topological polar surface area (TPSA) is 122 Å². The van der Waals surface area contributed by atoms with E-state index < -0.39 is 0 Å². The highest BCUT2D eigenvalue weighted by molar-refractivity contribution is 5.94. The van der Waals surface area contributed by atoms with E-state index >= 15 is 0 Å². The van der Waals surface area contributed by atoms with Crippen LogP contribution in [0.3, 0.4) is 0 Å². The number of carbonyl (C=O) groups is 1. The predicted octanol–water partition coefficient (Wildman–Crippen LogP) is 4.41. The van der Waals surface area contributed by atoms with Crippen LogP contribution in [-0.4, -0.2) is 66.4 Å². The summed E-state index contributed by atoms with van der Waals surface area (Å²) in [7, 11) is 0. The molecule has 1 heterocycles. The number of hydrogen-bond donors (Lipinski definition) is 4. The van der Waals surface area contributed by atoms with Crippen LogP contribution in [-0.2, 0) is 16.0 Å². The number of benzene rings is 2. The number of rotatable bonds is 16. The van der Waals surface area contributed by atoms with Gasteiger partial charge in [-0.3, -0.25) is 4.79 Å². The summed E-state index contributed by atoms with van der Waals surface area (Å²) in [6, 6.07) is 17.9. The Bertz CT molecular complexity index is 1160. The minimum Gasteiger partial charge on any atom is -0.377 e. The van der Waals surface area contributed by atoms with E-state index in [1.54, 1.807) is 12.1 Å². The lowest BCUT2D eigenvalue weighted by molar-refractivity contribution is 0.0519. The van der Waals surface area contributed by atoms with Crippen molar-refractivity contribution in [1.82, 2.24) is 20.3 Å². The predicted molar refractivity (Wildman–Crippen MR) is 158 cm³/mol. The fraction of sp³-hybridized carbons (Fsp3) is 0.467. The van der Waals surface area contributed by atoms with Gasteiger partial charge in [0.15, 0.2) is 0 Å². The Morgan fingerprint density at radius 1 is 0.775 bits per heavy atom. The molecule has 4 N–H and O–H groups in total.